The third kappa shape index (κ3) is 4.47. The van der Waals surface area contributed by atoms with Crippen LogP contribution in [0.2, 0.25) is 0 Å². The van der Waals surface area contributed by atoms with Gasteiger partial charge in [-0.15, -0.1) is 0 Å². The second-order valence-corrected chi connectivity index (χ2v) is 3.58. The van der Waals surface area contributed by atoms with Gasteiger partial charge in [-0.3, -0.25) is 0 Å². The first-order valence-electron chi connectivity index (χ1n) is 5.05. The van der Waals surface area contributed by atoms with Gasteiger partial charge in [-0.2, -0.15) is 13.2 Å². The molecule has 0 saturated carbocycles. The second kappa shape index (κ2) is 5.98. The fourth-order valence-corrected chi connectivity index (χ4v) is 1.16. The molecule has 0 aromatic carbocycles. The lowest BCUT2D eigenvalue weighted by Gasteiger charge is -2.16. The largest absolute Gasteiger partial charge is 0.468 e. The molecular formula is C10H13F3N2O3. The van der Waals surface area contributed by atoms with Gasteiger partial charge in [0.05, 0.1) is 6.10 Å². The van der Waals surface area contributed by atoms with E-state index in [1.54, 1.807) is 0 Å². The van der Waals surface area contributed by atoms with Gasteiger partial charge in [-0.05, 0) is 6.07 Å². The van der Waals surface area contributed by atoms with E-state index in [1.165, 1.54) is 12.1 Å². The number of ether oxygens (including phenoxy) is 1. The molecule has 0 aliphatic heterocycles. The third-order valence-corrected chi connectivity index (χ3v) is 2.09. The van der Waals surface area contributed by atoms with Crippen molar-refractivity contribution in [2.45, 2.75) is 18.4 Å². The maximum Gasteiger partial charge on any atom is 0.422 e. The highest BCUT2D eigenvalue weighted by Crippen LogP contribution is 2.20. The zero-order valence-electron chi connectivity index (χ0n) is 9.26. The van der Waals surface area contributed by atoms with Crippen LogP contribution in [0.15, 0.2) is 18.3 Å². The van der Waals surface area contributed by atoms with E-state index in [1.807, 2.05) is 0 Å². The van der Waals surface area contributed by atoms with Gasteiger partial charge in [-0.25, -0.2) is 4.98 Å². The number of nitrogens with zero attached hydrogens (tertiary/aromatic N) is 1. The minimum atomic E-state index is -4.43. The van der Waals surface area contributed by atoms with Crippen molar-refractivity contribution in [3.63, 3.8) is 0 Å². The lowest BCUT2D eigenvalue weighted by molar-refractivity contribution is -0.154. The van der Waals surface area contributed by atoms with E-state index >= 15 is 0 Å². The Kier molecular flexibility index (Phi) is 4.88. The average Bonchev–Trinajstić information content (AvgIpc) is 2.34. The Balaban J connectivity index is 2.63. The Labute approximate surface area is 101 Å². The van der Waals surface area contributed by atoms with Crippen LogP contribution in [0.1, 0.15) is 11.7 Å². The Bertz CT molecular complexity index is 370. The molecule has 0 saturated heterocycles. The molecule has 18 heavy (non-hydrogen) atoms. The maximum atomic E-state index is 11.9. The van der Waals surface area contributed by atoms with Crippen molar-refractivity contribution >= 4 is 0 Å². The van der Waals surface area contributed by atoms with Crippen molar-refractivity contribution in [1.29, 1.82) is 0 Å². The number of nitrogens with two attached hydrogens (primary N) is 1. The summed E-state index contributed by atoms with van der Waals surface area (Å²) in [4.78, 5) is 3.59. The predicted molar refractivity (Wildman–Crippen MR) is 55.8 cm³/mol. The standard InChI is InChI=1S/C10H13F3N2O3/c11-10(12,13)5-18-8-2-1-6(4-15-8)9(17)7(16)3-14/h1-2,4,7,9,16-17H,3,5,14H2. The average molecular weight is 266 g/mol. The molecule has 2 unspecified atom stereocenters. The van der Waals surface area contributed by atoms with Crippen LogP contribution in [0.5, 0.6) is 5.88 Å². The van der Waals surface area contributed by atoms with Gasteiger partial charge in [-0.1, -0.05) is 0 Å². The van der Waals surface area contributed by atoms with E-state index in [0.717, 1.165) is 6.20 Å². The number of aliphatic hydroxyl groups is 2. The van der Waals surface area contributed by atoms with Crippen molar-refractivity contribution < 1.29 is 28.1 Å². The van der Waals surface area contributed by atoms with E-state index in [4.69, 9.17) is 5.73 Å². The molecule has 0 aliphatic rings. The highest BCUT2D eigenvalue weighted by molar-refractivity contribution is 5.20. The van der Waals surface area contributed by atoms with E-state index in [9.17, 15) is 23.4 Å². The predicted octanol–water partition coefficient (Wildman–Crippen LogP) is 0.376. The normalized spacial score (nSPS) is 15.2. The van der Waals surface area contributed by atoms with Gasteiger partial charge in [0.2, 0.25) is 5.88 Å². The minimum Gasteiger partial charge on any atom is -0.468 e. The summed E-state index contributed by atoms with van der Waals surface area (Å²) in [5.41, 5.74) is 5.40. The summed E-state index contributed by atoms with van der Waals surface area (Å²) in [5, 5.41) is 18.8. The number of aromatic nitrogens is 1. The van der Waals surface area contributed by atoms with Gasteiger partial charge in [0, 0.05) is 24.4 Å². The van der Waals surface area contributed by atoms with Crippen LogP contribution in [0.25, 0.3) is 0 Å². The fourth-order valence-electron chi connectivity index (χ4n) is 1.16. The minimum absolute atomic E-state index is 0.145. The van der Waals surface area contributed by atoms with Crippen LogP contribution in [-0.4, -0.2) is 40.6 Å². The smallest absolute Gasteiger partial charge is 0.422 e. The van der Waals surface area contributed by atoms with Crippen LogP contribution in [0, 0.1) is 0 Å². The number of alkyl halides is 3. The molecule has 4 N–H and O–H groups in total. The molecule has 0 aliphatic carbocycles. The van der Waals surface area contributed by atoms with Gasteiger partial charge in [0.1, 0.15) is 6.10 Å². The SMILES string of the molecule is NCC(O)C(O)c1ccc(OCC(F)(F)F)nc1. The topological polar surface area (TPSA) is 88.6 Å². The number of hydrogen-bond donors (Lipinski definition) is 3. The first kappa shape index (κ1) is 14.7. The fraction of sp³-hybridized carbons (Fsp3) is 0.500. The number of halogens is 3. The molecule has 0 amide bonds. The second-order valence-electron chi connectivity index (χ2n) is 3.58. The van der Waals surface area contributed by atoms with Crippen molar-refractivity contribution in [2.75, 3.05) is 13.2 Å². The Morgan fingerprint density at radius 2 is 2.00 bits per heavy atom. The van der Waals surface area contributed by atoms with Crippen LogP contribution < -0.4 is 10.5 Å². The van der Waals surface area contributed by atoms with E-state index in [0.29, 0.717) is 0 Å². The molecule has 0 fully saturated rings. The van der Waals surface area contributed by atoms with Crippen molar-refractivity contribution in [3.8, 4) is 5.88 Å². The molecular weight excluding hydrogens is 253 g/mol. The molecule has 1 aromatic rings. The van der Waals surface area contributed by atoms with Crippen LogP contribution in [0.3, 0.4) is 0 Å². The zero-order chi connectivity index (χ0) is 13.8. The van der Waals surface area contributed by atoms with Crippen LogP contribution >= 0.6 is 0 Å². The van der Waals surface area contributed by atoms with E-state index < -0.39 is 25.0 Å². The molecule has 8 heteroatoms. The molecule has 2 atom stereocenters. The summed E-state index contributed by atoms with van der Waals surface area (Å²) in [6.45, 7) is -1.58. The van der Waals surface area contributed by atoms with E-state index in [-0.39, 0.29) is 18.0 Å². The van der Waals surface area contributed by atoms with Gasteiger partial charge in [0.15, 0.2) is 6.61 Å². The number of aliphatic hydroxyl groups excluding tert-OH is 2. The highest BCUT2D eigenvalue weighted by atomic mass is 19.4. The number of hydrogen-bond acceptors (Lipinski definition) is 5. The summed E-state index contributed by atoms with van der Waals surface area (Å²) < 4.78 is 40.0. The number of pyridine rings is 1. The molecule has 1 heterocycles. The van der Waals surface area contributed by atoms with Crippen molar-refractivity contribution in [3.05, 3.63) is 23.9 Å². The first-order chi connectivity index (χ1) is 8.33. The molecule has 1 rings (SSSR count). The van der Waals surface area contributed by atoms with Crippen LogP contribution in [0.4, 0.5) is 13.2 Å². The van der Waals surface area contributed by atoms with Crippen molar-refractivity contribution in [2.24, 2.45) is 5.73 Å². The lowest BCUT2D eigenvalue weighted by atomic mass is 10.1. The van der Waals surface area contributed by atoms with Gasteiger partial charge in [0.25, 0.3) is 0 Å². The monoisotopic (exact) mass is 266 g/mol. The highest BCUT2D eigenvalue weighted by Gasteiger charge is 2.28. The molecule has 5 nitrogen and oxygen atoms in total. The van der Waals surface area contributed by atoms with Gasteiger partial charge >= 0.3 is 6.18 Å². The van der Waals surface area contributed by atoms with Gasteiger partial charge < -0.3 is 20.7 Å². The molecule has 0 radical (unpaired) electrons. The Morgan fingerprint density at radius 1 is 1.33 bits per heavy atom. The summed E-state index contributed by atoms with van der Waals surface area (Å²) in [7, 11) is 0. The zero-order valence-corrected chi connectivity index (χ0v) is 9.26. The van der Waals surface area contributed by atoms with Crippen LogP contribution in [-0.2, 0) is 0 Å². The van der Waals surface area contributed by atoms with Crippen molar-refractivity contribution in [1.82, 2.24) is 4.98 Å². The molecule has 0 spiro atoms. The number of rotatable bonds is 5. The molecule has 1 aromatic heterocycles. The first-order valence-corrected chi connectivity index (χ1v) is 5.05. The Morgan fingerprint density at radius 3 is 2.44 bits per heavy atom. The maximum absolute atomic E-state index is 11.9. The third-order valence-electron chi connectivity index (χ3n) is 2.09. The van der Waals surface area contributed by atoms with E-state index in [2.05, 4.69) is 9.72 Å². The summed E-state index contributed by atoms with van der Waals surface area (Å²) in [6, 6.07) is 2.48. The Hall–Kier alpha value is -1.38. The summed E-state index contributed by atoms with van der Waals surface area (Å²) in [5.74, 6) is -0.217. The molecule has 102 valence electrons. The summed E-state index contributed by atoms with van der Waals surface area (Å²) >= 11 is 0. The molecule has 0 bridgehead atoms. The lowest BCUT2D eigenvalue weighted by Crippen LogP contribution is -2.27. The summed E-state index contributed by atoms with van der Waals surface area (Å²) in [6.07, 6.45) is -5.71. The quantitative estimate of drug-likeness (QED) is 0.716.